The van der Waals surface area contributed by atoms with Gasteiger partial charge in [-0.2, -0.15) is 13.2 Å². The van der Waals surface area contributed by atoms with E-state index in [0.29, 0.717) is 10.1 Å². The zero-order valence-corrected chi connectivity index (χ0v) is 16.6. The number of benzene rings is 2. The number of aromatic nitrogens is 3. The quantitative estimate of drug-likeness (QED) is 0.313. The summed E-state index contributed by atoms with van der Waals surface area (Å²) >= 11 is 11.9. The molecule has 0 atom stereocenters. The highest BCUT2D eigenvalue weighted by Crippen LogP contribution is 2.40. The molecule has 4 rings (SSSR count). The Kier molecular flexibility index (Phi) is 4.98. The summed E-state index contributed by atoms with van der Waals surface area (Å²) in [6, 6.07) is 10.1. The second-order valence-electron chi connectivity index (χ2n) is 6.43. The van der Waals surface area contributed by atoms with Crippen LogP contribution in [-0.4, -0.2) is 19.5 Å². The summed E-state index contributed by atoms with van der Waals surface area (Å²) in [6.07, 6.45) is -4.82. The second kappa shape index (κ2) is 7.40. The van der Waals surface area contributed by atoms with Gasteiger partial charge in [-0.15, -0.1) is 0 Å². The summed E-state index contributed by atoms with van der Waals surface area (Å²) in [5.41, 5.74) is -2.41. The maximum Gasteiger partial charge on any atom is 0.433 e. The van der Waals surface area contributed by atoms with Crippen LogP contribution in [-0.2, 0) is 6.18 Å². The van der Waals surface area contributed by atoms with Crippen LogP contribution in [0.15, 0.2) is 53.3 Å². The molecule has 4 aromatic rings. The van der Waals surface area contributed by atoms with E-state index in [1.807, 2.05) is 0 Å². The van der Waals surface area contributed by atoms with Crippen LogP contribution in [0, 0.1) is 10.1 Å². The molecule has 0 unspecified atom stereocenters. The first-order valence-corrected chi connectivity index (χ1v) is 9.25. The Morgan fingerprint density at radius 3 is 2.23 bits per heavy atom. The average molecular weight is 469 g/mol. The number of hydrogen-bond acceptors (Lipinski definition) is 4. The zero-order chi connectivity index (χ0) is 22.5. The molecule has 0 aliphatic rings. The minimum absolute atomic E-state index is 0.0283. The lowest BCUT2D eigenvalue weighted by Crippen LogP contribution is -2.15. The normalized spacial score (nSPS) is 11.8. The van der Waals surface area contributed by atoms with Crippen LogP contribution >= 0.6 is 23.2 Å². The van der Waals surface area contributed by atoms with Crippen molar-refractivity contribution in [3.05, 3.63) is 84.7 Å². The molecular formula is C19H9Cl2F3N4O3. The van der Waals surface area contributed by atoms with E-state index in [1.165, 1.54) is 42.5 Å². The second-order valence-corrected chi connectivity index (χ2v) is 7.25. The van der Waals surface area contributed by atoms with Crippen molar-refractivity contribution in [2.24, 2.45) is 0 Å². The summed E-state index contributed by atoms with van der Waals surface area (Å²) in [5.74, 6) is 0. The lowest BCUT2D eigenvalue weighted by molar-refractivity contribution is -0.384. The number of halogens is 5. The third-order valence-corrected chi connectivity index (χ3v) is 5.22. The van der Waals surface area contributed by atoms with Crippen LogP contribution in [0.4, 0.5) is 18.9 Å². The van der Waals surface area contributed by atoms with E-state index in [9.17, 15) is 28.1 Å². The van der Waals surface area contributed by atoms with Crippen LogP contribution in [0.1, 0.15) is 5.69 Å². The molecule has 1 N–H and O–H groups in total. The first kappa shape index (κ1) is 20.9. The molecule has 0 aliphatic heterocycles. The first-order valence-electron chi connectivity index (χ1n) is 8.49. The summed E-state index contributed by atoms with van der Waals surface area (Å²) < 4.78 is 41.9. The number of non-ortho nitro benzene ring substituents is 1. The van der Waals surface area contributed by atoms with Crippen LogP contribution in [0.2, 0.25) is 10.0 Å². The van der Waals surface area contributed by atoms with Crippen LogP contribution in [0.5, 0.6) is 0 Å². The Morgan fingerprint density at radius 2 is 1.65 bits per heavy atom. The zero-order valence-electron chi connectivity index (χ0n) is 15.1. The Bertz CT molecular complexity index is 1400. The van der Waals surface area contributed by atoms with Gasteiger partial charge in [0.15, 0.2) is 5.65 Å². The van der Waals surface area contributed by atoms with Crippen molar-refractivity contribution in [2.75, 3.05) is 0 Å². The standard InChI is InChI=1S/C19H9Cl2F3N4O3/c20-12-6-3-10(7-13(12)21)16-17(19(22,23)24)26-27-15(29)8-14(25-18(16)27)9-1-4-11(5-2-9)28(30)31/h1-8,26H. The molecule has 2 aromatic carbocycles. The van der Waals surface area contributed by atoms with Gasteiger partial charge in [-0.25, -0.2) is 9.50 Å². The Balaban J connectivity index is 2.01. The van der Waals surface area contributed by atoms with E-state index in [4.69, 9.17) is 23.2 Å². The van der Waals surface area contributed by atoms with Gasteiger partial charge in [-0.1, -0.05) is 29.3 Å². The summed E-state index contributed by atoms with van der Waals surface area (Å²) in [7, 11) is 0. The van der Waals surface area contributed by atoms with Crippen LogP contribution < -0.4 is 5.56 Å². The van der Waals surface area contributed by atoms with Crippen LogP contribution in [0.25, 0.3) is 28.0 Å². The van der Waals surface area contributed by atoms with E-state index in [1.54, 1.807) is 0 Å². The van der Waals surface area contributed by atoms with E-state index >= 15 is 0 Å². The molecule has 158 valence electrons. The van der Waals surface area contributed by atoms with Crippen molar-refractivity contribution in [3.8, 4) is 22.4 Å². The molecule has 0 fully saturated rings. The molecule has 12 heteroatoms. The van der Waals surface area contributed by atoms with Gasteiger partial charge in [-0.05, 0) is 29.8 Å². The maximum absolute atomic E-state index is 13.7. The summed E-state index contributed by atoms with van der Waals surface area (Å²) in [5, 5.41) is 13.1. The van der Waals surface area contributed by atoms with Crippen molar-refractivity contribution in [3.63, 3.8) is 0 Å². The number of nitrogens with one attached hydrogen (secondary N) is 1. The lowest BCUT2D eigenvalue weighted by atomic mass is 10.1. The van der Waals surface area contributed by atoms with E-state index in [0.717, 1.165) is 6.07 Å². The molecule has 0 bridgehead atoms. The van der Waals surface area contributed by atoms with Gasteiger partial charge in [0.1, 0.15) is 5.69 Å². The van der Waals surface area contributed by atoms with Gasteiger partial charge >= 0.3 is 6.18 Å². The predicted octanol–water partition coefficient (Wildman–Crippen LogP) is 5.59. The Hall–Kier alpha value is -3.37. The molecule has 0 aliphatic carbocycles. The maximum atomic E-state index is 13.7. The number of nitro groups is 1. The number of rotatable bonds is 3. The SMILES string of the molecule is O=c1cc(-c2ccc([N+](=O)[O-])cc2)nc2c(-c3ccc(Cl)c(Cl)c3)c(C(F)(F)F)[nH]n12. The van der Waals surface area contributed by atoms with Crippen molar-refractivity contribution in [2.45, 2.75) is 6.18 Å². The predicted molar refractivity (Wildman–Crippen MR) is 108 cm³/mol. The molecule has 0 radical (unpaired) electrons. The third-order valence-electron chi connectivity index (χ3n) is 4.48. The summed E-state index contributed by atoms with van der Waals surface area (Å²) in [4.78, 5) is 27.0. The van der Waals surface area contributed by atoms with Crippen molar-refractivity contribution in [1.82, 2.24) is 14.6 Å². The number of nitro benzene ring substituents is 1. The molecular weight excluding hydrogens is 460 g/mol. The molecule has 7 nitrogen and oxygen atoms in total. The molecule has 2 aromatic heterocycles. The number of nitrogens with zero attached hydrogens (tertiary/aromatic N) is 3. The number of H-pyrrole nitrogens is 1. The minimum atomic E-state index is -4.82. The van der Waals surface area contributed by atoms with Crippen molar-refractivity contribution in [1.29, 1.82) is 0 Å². The fraction of sp³-hybridized carbons (Fsp3) is 0.0526. The average Bonchev–Trinajstić information content (AvgIpc) is 3.11. The van der Waals surface area contributed by atoms with Gasteiger partial charge in [-0.3, -0.25) is 20.0 Å². The molecule has 0 spiro atoms. The Morgan fingerprint density at radius 1 is 1.00 bits per heavy atom. The largest absolute Gasteiger partial charge is 0.433 e. The first-order chi connectivity index (χ1) is 14.6. The topological polar surface area (TPSA) is 93.3 Å². The fourth-order valence-corrected chi connectivity index (χ4v) is 3.37. The van der Waals surface area contributed by atoms with Gasteiger partial charge in [0.2, 0.25) is 0 Å². The van der Waals surface area contributed by atoms with Gasteiger partial charge in [0.25, 0.3) is 11.2 Å². The number of hydrogen-bond donors (Lipinski definition) is 1. The monoisotopic (exact) mass is 468 g/mol. The van der Waals surface area contributed by atoms with Crippen molar-refractivity contribution >= 4 is 34.5 Å². The van der Waals surface area contributed by atoms with Crippen LogP contribution in [0.3, 0.4) is 0 Å². The highest BCUT2D eigenvalue weighted by atomic mass is 35.5. The molecule has 2 heterocycles. The molecule has 31 heavy (non-hydrogen) atoms. The molecule has 0 amide bonds. The highest BCUT2D eigenvalue weighted by molar-refractivity contribution is 6.42. The molecule has 0 saturated heterocycles. The highest BCUT2D eigenvalue weighted by Gasteiger charge is 2.38. The van der Waals surface area contributed by atoms with Crippen molar-refractivity contribution < 1.29 is 18.1 Å². The Labute approximate surface area is 180 Å². The smallest absolute Gasteiger partial charge is 0.284 e. The van der Waals surface area contributed by atoms with E-state index in [2.05, 4.69) is 10.1 Å². The van der Waals surface area contributed by atoms with E-state index in [-0.39, 0.29) is 38.2 Å². The van der Waals surface area contributed by atoms with Gasteiger partial charge < -0.3 is 0 Å². The number of fused-ring (bicyclic) bond motifs is 1. The lowest BCUT2D eigenvalue weighted by Gasteiger charge is -2.08. The fourth-order valence-electron chi connectivity index (χ4n) is 3.07. The molecule has 0 saturated carbocycles. The minimum Gasteiger partial charge on any atom is -0.284 e. The third kappa shape index (κ3) is 3.75. The van der Waals surface area contributed by atoms with Gasteiger partial charge in [0.05, 0.1) is 26.2 Å². The summed E-state index contributed by atoms with van der Waals surface area (Å²) in [6.45, 7) is 0. The van der Waals surface area contributed by atoms with E-state index < -0.39 is 22.4 Å². The van der Waals surface area contributed by atoms with Gasteiger partial charge in [0, 0.05) is 23.8 Å². The number of aromatic amines is 1. The number of alkyl halides is 3.